The first-order chi connectivity index (χ1) is 12.7. The van der Waals surface area contributed by atoms with Gasteiger partial charge in [-0.3, -0.25) is 0 Å². The van der Waals surface area contributed by atoms with Crippen LogP contribution in [0.5, 0.6) is 0 Å². The third kappa shape index (κ3) is 3.10. The largest absolute Gasteiger partial charge is 0.443 e. The number of aromatic nitrogens is 3. The summed E-state index contributed by atoms with van der Waals surface area (Å²) in [5, 5.41) is 1.14. The first-order valence-corrected chi connectivity index (χ1v) is 8.66. The minimum Gasteiger partial charge on any atom is -0.443 e. The van der Waals surface area contributed by atoms with Gasteiger partial charge in [-0.05, 0) is 44.5 Å². The second-order valence-electron chi connectivity index (χ2n) is 7.12. The van der Waals surface area contributed by atoms with Gasteiger partial charge in [-0.1, -0.05) is 17.7 Å². The molecule has 8 heteroatoms. The molecule has 0 fully saturated rings. The fraction of sp³-hybridized carbons (Fsp3) is 0.211. The van der Waals surface area contributed by atoms with Crippen molar-refractivity contribution in [3.63, 3.8) is 0 Å². The molecule has 0 saturated heterocycles. The summed E-state index contributed by atoms with van der Waals surface area (Å²) in [4.78, 5) is 21.1. The molecule has 0 unspecified atom stereocenters. The number of hydrogen-bond acceptors (Lipinski definition) is 6. The van der Waals surface area contributed by atoms with Crippen LogP contribution in [0, 0.1) is 0 Å². The molecule has 0 bridgehead atoms. The van der Waals surface area contributed by atoms with Gasteiger partial charge < -0.3 is 14.9 Å². The maximum absolute atomic E-state index is 12.7. The van der Waals surface area contributed by atoms with E-state index in [0.717, 1.165) is 11.1 Å². The predicted octanol–water partition coefficient (Wildman–Crippen LogP) is 4.86. The van der Waals surface area contributed by atoms with E-state index in [4.69, 9.17) is 26.5 Å². The summed E-state index contributed by atoms with van der Waals surface area (Å²) < 4.78 is 12.2. The van der Waals surface area contributed by atoms with Crippen LogP contribution in [0.1, 0.15) is 20.8 Å². The molecule has 3 aromatic heterocycles. The summed E-state index contributed by atoms with van der Waals surface area (Å²) in [7, 11) is 0. The first-order valence-electron chi connectivity index (χ1n) is 8.28. The molecule has 1 aromatic carbocycles. The van der Waals surface area contributed by atoms with E-state index in [-0.39, 0.29) is 6.01 Å². The number of anilines is 1. The zero-order valence-corrected chi connectivity index (χ0v) is 15.7. The molecule has 4 aromatic rings. The Morgan fingerprint density at radius 3 is 2.81 bits per heavy atom. The van der Waals surface area contributed by atoms with Crippen molar-refractivity contribution in [3.8, 4) is 11.1 Å². The molecule has 0 amide bonds. The summed E-state index contributed by atoms with van der Waals surface area (Å²) in [6.07, 6.45) is 2.69. The van der Waals surface area contributed by atoms with Gasteiger partial charge in [0, 0.05) is 23.3 Å². The van der Waals surface area contributed by atoms with Crippen LogP contribution < -0.4 is 5.73 Å². The normalized spacial score (nSPS) is 12.0. The van der Waals surface area contributed by atoms with Crippen molar-refractivity contribution in [1.29, 1.82) is 0 Å². The molecular weight excluding hydrogens is 368 g/mol. The van der Waals surface area contributed by atoms with Crippen LogP contribution in [-0.4, -0.2) is 26.2 Å². The maximum Gasteiger partial charge on any atom is 0.420 e. The number of benzene rings is 1. The van der Waals surface area contributed by atoms with Crippen molar-refractivity contribution < 1.29 is 13.9 Å². The van der Waals surface area contributed by atoms with Gasteiger partial charge in [0.2, 0.25) is 0 Å². The fourth-order valence-electron chi connectivity index (χ4n) is 2.90. The summed E-state index contributed by atoms with van der Waals surface area (Å²) in [6, 6.07) is 7.23. The molecule has 4 rings (SSSR count). The van der Waals surface area contributed by atoms with Gasteiger partial charge in [-0.15, -0.1) is 0 Å². The Labute approximate surface area is 159 Å². The number of nitrogen functional groups attached to an aromatic ring is 1. The first kappa shape index (κ1) is 17.4. The van der Waals surface area contributed by atoms with Gasteiger partial charge in [-0.25, -0.2) is 14.3 Å². The van der Waals surface area contributed by atoms with Crippen molar-refractivity contribution in [2.75, 3.05) is 5.73 Å². The minimum atomic E-state index is -0.635. The number of halogens is 1. The van der Waals surface area contributed by atoms with Crippen LogP contribution in [0.25, 0.3) is 33.3 Å². The van der Waals surface area contributed by atoms with E-state index in [9.17, 15) is 4.79 Å². The van der Waals surface area contributed by atoms with E-state index in [1.807, 2.05) is 12.1 Å². The second kappa shape index (κ2) is 5.99. The Morgan fingerprint density at radius 2 is 2.07 bits per heavy atom. The number of ether oxygens (including phenoxy) is 1. The minimum absolute atomic E-state index is 0.0954. The lowest BCUT2D eigenvalue weighted by atomic mass is 10.1. The number of oxazole rings is 1. The molecule has 138 valence electrons. The number of nitrogens with zero attached hydrogens (tertiary/aromatic N) is 3. The average molecular weight is 385 g/mol. The Bertz CT molecular complexity index is 1190. The number of pyridine rings is 1. The number of fused-ring (bicyclic) bond motifs is 2. The Hall–Kier alpha value is -3.06. The number of carbonyl (C=O) groups excluding carboxylic acids is 1. The monoisotopic (exact) mass is 384 g/mol. The van der Waals surface area contributed by atoms with E-state index < -0.39 is 11.7 Å². The molecule has 0 spiro atoms. The van der Waals surface area contributed by atoms with Crippen molar-refractivity contribution in [1.82, 2.24) is 14.5 Å². The molecule has 3 heterocycles. The van der Waals surface area contributed by atoms with E-state index in [1.165, 1.54) is 4.57 Å². The zero-order chi connectivity index (χ0) is 19.3. The SMILES string of the molecule is CC(C)(C)OC(=O)n1cc(-c2ccc3oc(N)nc3c2)c2c(Cl)ccnc21. The van der Waals surface area contributed by atoms with Gasteiger partial charge in [0.15, 0.2) is 11.2 Å². The molecule has 0 aliphatic rings. The van der Waals surface area contributed by atoms with Gasteiger partial charge in [0.25, 0.3) is 6.01 Å². The predicted molar refractivity (Wildman–Crippen MR) is 104 cm³/mol. The second-order valence-corrected chi connectivity index (χ2v) is 7.53. The Morgan fingerprint density at radius 1 is 1.30 bits per heavy atom. The van der Waals surface area contributed by atoms with Crippen molar-refractivity contribution in [2.45, 2.75) is 26.4 Å². The van der Waals surface area contributed by atoms with Crippen LogP contribution >= 0.6 is 11.6 Å². The molecule has 0 atom stereocenters. The molecule has 0 saturated carbocycles. The highest BCUT2D eigenvalue weighted by Gasteiger charge is 2.23. The van der Waals surface area contributed by atoms with Crippen molar-refractivity contribution in [3.05, 3.63) is 41.7 Å². The summed E-state index contributed by atoms with van der Waals surface area (Å²) >= 11 is 6.43. The summed E-state index contributed by atoms with van der Waals surface area (Å²) in [5.74, 6) is 0. The highest BCUT2D eigenvalue weighted by molar-refractivity contribution is 6.36. The maximum atomic E-state index is 12.7. The highest BCUT2D eigenvalue weighted by Crippen LogP contribution is 2.36. The molecule has 0 radical (unpaired) electrons. The molecule has 0 aliphatic carbocycles. The highest BCUT2D eigenvalue weighted by atomic mass is 35.5. The topological polar surface area (TPSA) is 96.2 Å². The molecular formula is C19H17ClN4O3. The van der Waals surface area contributed by atoms with E-state index in [1.54, 1.807) is 45.3 Å². The zero-order valence-electron chi connectivity index (χ0n) is 15.0. The van der Waals surface area contributed by atoms with Gasteiger partial charge >= 0.3 is 6.09 Å². The van der Waals surface area contributed by atoms with Crippen LogP contribution in [0.2, 0.25) is 5.02 Å². The fourth-order valence-corrected chi connectivity index (χ4v) is 3.14. The van der Waals surface area contributed by atoms with E-state index >= 15 is 0 Å². The average Bonchev–Trinajstić information content (AvgIpc) is 3.13. The lowest BCUT2D eigenvalue weighted by Gasteiger charge is -2.19. The number of nitrogens with two attached hydrogens (primary N) is 1. The third-order valence-corrected chi connectivity index (χ3v) is 4.26. The van der Waals surface area contributed by atoms with Crippen molar-refractivity contribution in [2.24, 2.45) is 0 Å². The molecule has 27 heavy (non-hydrogen) atoms. The van der Waals surface area contributed by atoms with Crippen LogP contribution in [-0.2, 0) is 4.74 Å². The standard InChI is InChI=1S/C19H17ClN4O3/c1-19(2,3)27-18(25)24-9-11(15-12(20)6-7-22-16(15)24)10-4-5-14-13(8-10)23-17(21)26-14/h4-9H,1-3H3,(H2,21,23). The van der Waals surface area contributed by atoms with E-state index in [0.29, 0.717) is 27.2 Å². The lowest BCUT2D eigenvalue weighted by molar-refractivity contribution is 0.0544. The number of hydrogen-bond donors (Lipinski definition) is 1. The van der Waals surface area contributed by atoms with Gasteiger partial charge in [-0.2, -0.15) is 4.98 Å². The number of carbonyl (C=O) groups is 1. The smallest absolute Gasteiger partial charge is 0.420 e. The van der Waals surface area contributed by atoms with Gasteiger partial charge in [0.05, 0.1) is 5.02 Å². The quantitative estimate of drug-likeness (QED) is 0.503. The molecule has 2 N–H and O–H groups in total. The van der Waals surface area contributed by atoms with E-state index in [2.05, 4.69) is 9.97 Å². The Kier molecular flexibility index (Phi) is 3.85. The summed E-state index contributed by atoms with van der Waals surface area (Å²) in [5.41, 5.74) is 8.14. The van der Waals surface area contributed by atoms with Crippen LogP contribution in [0.15, 0.2) is 41.1 Å². The van der Waals surface area contributed by atoms with Crippen LogP contribution in [0.3, 0.4) is 0 Å². The van der Waals surface area contributed by atoms with Crippen molar-refractivity contribution >= 4 is 45.8 Å². The summed E-state index contributed by atoms with van der Waals surface area (Å²) in [6.45, 7) is 5.42. The third-order valence-electron chi connectivity index (χ3n) is 3.94. The number of rotatable bonds is 1. The molecule has 0 aliphatic heterocycles. The Balaban J connectivity index is 1.93. The molecule has 7 nitrogen and oxygen atoms in total. The van der Waals surface area contributed by atoms with Crippen LogP contribution in [0.4, 0.5) is 10.8 Å². The lowest BCUT2D eigenvalue weighted by Crippen LogP contribution is -2.26. The van der Waals surface area contributed by atoms with Gasteiger partial charge in [0.1, 0.15) is 11.1 Å².